The Morgan fingerprint density at radius 1 is 1.31 bits per heavy atom. The molecule has 2 aliphatic rings. The molecule has 144 valence electrons. The van der Waals surface area contributed by atoms with Crippen molar-refractivity contribution in [2.75, 3.05) is 19.6 Å². The molecule has 1 aliphatic carbocycles. The van der Waals surface area contributed by atoms with Crippen molar-refractivity contribution in [3.8, 4) is 0 Å². The molecule has 0 spiro atoms. The van der Waals surface area contributed by atoms with E-state index in [9.17, 15) is 4.79 Å². The normalized spacial score (nSPS) is 22.1. The van der Waals surface area contributed by atoms with Crippen molar-refractivity contribution in [2.45, 2.75) is 77.5 Å². The number of aryl methyl sites for hydroxylation is 2. The number of ether oxygens (including phenoxy) is 1. The number of rotatable bonds is 5. The highest BCUT2D eigenvalue weighted by Gasteiger charge is 2.33. The third-order valence-corrected chi connectivity index (χ3v) is 5.49. The second kappa shape index (κ2) is 8.10. The molecule has 0 saturated carbocycles. The van der Waals surface area contributed by atoms with Crippen LogP contribution >= 0.6 is 0 Å². The Labute approximate surface area is 158 Å². The number of carbonyl (C=O) groups is 1. The van der Waals surface area contributed by atoms with Gasteiger partial charge in [-0.25, -0.2) is 0 Å². The fourth-order valence-corrected chi connectivity index (χ4v) is 4.11. The van der Waals surface area contributed by atoms with Crippen molar-refractivity contribution in [3.05, 3.63) is 34.9 Å². The summed E-state index contributed by atoms with van der Waals surface area (Å²) < 4.78 is 5.79. The van der Waals surface area contributed by atoms with Crippen LogP contribution in [0.3, 0.4) is 0 Å². The molecule has 0 unspecified atom stereocenters. The highest BCUT2D eigenvalue weighted by Crippen LogP contribution is 2.25. The first kappa shape index (κ1) is 19.4. The van der Waals surface area contributed by atoms with Gasteiger partial charge in [-0.1, -0.05) is 25.1 Å². The van der Waals surface area contributed by atoms with Crippen molar-refractivity contribution < 1.29 is 9.53 Å². The maximum atomic E-state index is 13.0. The molecule has 4 heteroatoms. The number of fused-ring (bicyclic) bond motifs is 1. The zero-order valence-electron chi connectivity index (χ0n) is 16.8. The number of benzene rings is 1. The highest BCUT2D eigenvalue weighted by atomic mass is 16.6. The van der Waals surface area contributed by atoms with Gasteiger partial charge < -0.3 is 10.1 Å². The first-order valence-electron chi connectivity index (χ1n) is 10.2. The van der Waals surface area contributed by atoms with E-state index in [2.05, 4.69) is 35.3 Å². The van der Waals surface area contributed by atoms with Crippen LogP contribution in [0.5, 0.6) is 0 Å². The summed E-state index contributed by atoms with van der Waals surface area (Å²) in [6, 6.07) is 7.04. The summed E-state index contributed by atoms with van der Waals surface area (Å²) in [7, 11) is 0. The molecule has 1 saturated heterocycles. The lowest BCUT2D eigenvalue weighted by Gasteiger charge is -2.38. The number of esters is 1. The molecule has 1 aromatic rings. The second-order valence-corrected chi connectivity index (χ2v) is 8.76. The SMILES string of the molecule is CC[C@H]1CN([C@@H](Cc2ccc3c(c2)CCC3)C(=O)OC(C)(C)C)CCN1. The Kier molecular flexibility index (Phi) is 6.03. The van der Waals surface area contributed by atoms with Crippen LogP contribution in [0.1, 0.15) is 57.2 Å². The van der Waals surface area contributed by atoms with Gasteiger partial charge in [-0.3, -0.25) is 9.69 Å². The summed E-state index contributed by atoms with van der Waals surface area (Å²) in [5, 5.41) is 3.54. The number of carbonyl (C=O) groups excluding carboxylic acids is 1. The van der Waals surface area contributed by atoms with E-state index in [0.717, 1.165) is 32.5 Å². The van der Waals surface area contributed by atoms with Gasteiger partial charge in [0.1, 0.15) is 11.6 Å². The van der Waals surface area contributed by atoms with Crippen LogP contribution in [0.25, 0.3) is 0 Å². The zero-order chi connectivity index (χ0) is 18.7. The lowest BCUT2D eigenvalue weighted by atomic mass is 9.98. The molecule has 1 N–H and O–H groups in total. The van der Waals surface area contributed by atoms with Gasteiger partial charge in [-0.05, 0) is 69.6 Å². The van der Waals surface area contributed by atoms with E-state index in [4.69, 9.17) is 4.74 Å². The van der Waals surface area contributed by atoms with Gasteiger partial charge >= 0.3 is 5.97 Å². The average molecular weight is 359 g/mol. The molecule has 0 bridgehead atoms. The minimum Gasteiger partial charge on any atom is -0.459 e. The van der Waals surface area contributed by atoms with E-state index in [1.165, 1.54) is 36.0 Å². The average Bonchev–Trinajstić information content (AvgIpc) is 3.05. The van der Waals surface area contributed by atoms with Gasteiger partial charge in [0.05, 0.1) is 0 Å². The predicted octanol–water partition coefficient (Wildman–Crippen LogP) is 3.11. The van der Waals surface area contributed by atoms with E-state index >= 15 is 0 Å². The summed E-state index contributed by atoms with van der Waals surface area (Å²) in [5.41, 5.74) is 3.76. The van der Waals surface area contributed by atoms with Gasteiger partial charge in [-0.2, -0.15) is 0 Å². The maximum absolute atomic E-state index is 13.0. The first-order valence-corrected chi connectivity index (χ1v) is 10.2. The molecule has 1 aliphatic heterocycles. The minimum absolute atomic E-state index is 0.0882. The van der Waals surface area contributed by atoms with Crippen LogP contribution in [0, 0.1) is 0 Å². The smallest absolute Gasteiger partial charge is 0.324 e. The quantitative estimate of drug-likeness (QED) is 0.821. The largest absolute Gasteiger partial charge is 0.459 e. The summed E-state index contributed by atoms with van der Waals surface area (Å²) in [4.78, 5) is 15.3. The summed E-state index contributed by atoms with van der Waals surface area (Å²) in [5.74, 6) is -0.0882. The van der Waals surface area contributed by atoms with Crippen molar-refractivity contribution in [2.24, 2.45) is 0 Å². The third-order valence-electron chi connectivity index (χ3n) is 5.49. The number of nitrogens with zero attached hydrogens (tertiary/aromatic N) is 1. The lowest BCUT2D eigenvalue weighted by molar-refractivity contribution is -0.162. The van der Waals surface area contributed by atoms with Crippen molar-refractivity contribution >= 4 is 5.97 Å². The van der Waals surface area contributed by atoms with Gasteiger partial charge in [0.25, 0.3) is 0 Å². The second-order valence-electron chi connectivity index (χ2n) is 8.76. The number of hydrogen-bond acceptors (Lipinski definition) is 4. The van der Waals surface area contributed by atoms with Crippen LogP contribution in [-0.4, -0.2) is 48.2 Å². The number of nitrogens with one attached hydrogen (secondary N) is 1. The molecule has 4 nitrogen and oxygen atoms in total. The van der Waals surface area contributed by atoms with Crippen LogP contribution in [-0.2, 0) is 28.8 Å². The van der Waals surface area contributed by atoms with Crippen LogP contribution < -0.4 is 5.32 Å². The zero-order valence-corrected chi connectivity index (χ0v) is 16.8. The standard InChI is InChI=1S/C22H34N2O2/c1-5-19-15-24(12-11-23-19)20(21(25)26-22(2,3)4)14-16-9-10-17-7-6-8-18(17)13-16/h9-10,13,19-20,23H,5-8,11-12,14-15H2,1-4H3/t19-,20-/m0/s1. The molecular weight excluding hydrogens is 324 g/mol. The van der Waals surface area contributed by atoms with E-state index in [-0.39, 0.29) is 12.0 Å². The number of piperazine rings is 1. The van der Waals surface area contributed by atoms with E-state index in [1.807, 2.05) is 20.8 Å². The Bertz CT molecular complexity index is 636. The fraction of sp³-hybridized carbons (Fsp3) is 0.682. The first-order chi connectivity index (χ1) is 12.4. The fourth-order valence-electron chi connectivity index (χ4n) is 4.11. The van der Waals surface area contributed by atoms with Gasteiger partial charge in [0.2, 0.25) is 0 Å². The molecule has 0 amide bonds. The lowest BCUT2D eigenvalue weighted by Crippen LogP contribution is -2.57. The Morgan fingerprint density at radius 2 is 2.08 bits per heavy atom. The molecule has 26 heavy (non-hydrogen) atoms. The van der Waals surface area contributed by atoms with Gasteiger partial charge in [-0.15, -0.1) is 0 Å². The monoisotopic (exact) mass is 358 g/mol. The minimum atomic E-state index is -0.453. The topological polar surface area (TPSA) is 41.6 Å². The van der Waals surface area contributed by atoms with Gasteiger partial charge in [0.15, 0.2) is 0 Å². The molecule has 3 rings (SSSR count). The number of hydrogen-bond donors (Lipinski definition) is 1. The molecule has 2 atom stereocenters. The van der Waals surface area contributed by atoms with E-state index in [1.54, 1.807) is 0 Å². The maximum Gasteiger partial charge on any atom is 0.324 e. The summed E-state index contributed by atoms with van der Waals surface area (Å²) >= 11 is 0. The molecule has 0 aromatic heterocycles. The summed E-state index contributed by atoms with van der Waals surface area (Å²) in [6.45, 7) is 10.8. The Morgan fingerprint density at radius 3 is 2.81 bits per heavy atom. The molecule has 1 fully saturated rings. The Balaban J connectivity index is 1.79. The van der Waals surface area contributed by atoms with E-state index < -0.39 is 5.60 Å². The molecule has 1 heterocycles. The molecule has 0 radical (unpaired) electrons. The van der Waals surface area contributed by atoms with Crippen LogP contribution in [0.15, 0.2) is 18.2 Å². The summed E-state index contributed by atoms with van der Waals surface area (Å²) in [6.07, 6.45) is 5.44. The third kappa shape index (κ3) is 4.86. The van der Waals surface area contributed by atoms with Crippen LogP contribution in [0.4, 0.5) is 0 Å². The van der Waals surface area contributed by atoms with Crippen molar-refractivity contribution in [1.29, 1.82) is 0 Å². The predicted molar refractivity (Wildman–Crippen MR) is 105 cm³/mol. The van der Waals surface area contributed by atoms with Crippen molar-refractivity contribution in [3.63, 3.8) is 0 Å². The highest BCUT2D eigenvalue weighted by molar-refractivity contribution is 5.76. The van der Waals surface area contributed by atoms with Crippen LogP contribution in [0.2, 0.25) is 0 Å². The Hall–Kier alpha value is -1.39. The molecule has 1 aromatic carbocycles. The van der Waals surface area contributed by atoms with E-state index in [0.29, 0.717) is 6.04 Å². The molecular formula is C22H34N2O2. The van der Waals surface area contributed by atoms with Gasteiger partial charge in [0, 0.05) is 25.7 Å². The van der Waals surface area contributed by atoms with Crippen molar-refractivity contribution in [1.82, 2.24) is 10.2 Å².